The van der Waals surface area contributed by atoms with Gasteiger partial charge >= 0.3 is 0 Å². The van der Waals surface area contributed by atoms with Crippen LogP contribution in [0.2, 0.25) is 0 Å². The zero-order chi connectivity index (χ0) is 7.11. The van der Waals surface area contributed by atoms with Crippen molar-refractivity contribution in [3.8, 4) is 0 Å². The van der Waals surface area contributed by atoms with Crippen molar-refractivity contribution in [2.45, 2.75) is 13.8 Å². The molecule has 0 aliphatic heterocycles. The molecule has 0 atom stereocenters. The van der Waals surface area contributed by atoms with Crippen molar-refractivity contribution in [1.82, 2.24) is 0 Å². The predicted molar refractivity (Wildman–Crippen MR) is 37.0 cm³/mol. The lowest BCUT2D eigenvalue weighted by molar-refractivity contribution is 0.208. The van der Waals surface area contributed by atoms with Crippen molar-refractivity contribution in [3.63, 3.8) is 0 Å². The summed E-state index contributed by atoms with van der Waals surface area (Å²) in [6.07, 6.45) is 3.10. The molecule has 9 heavy (non-hydrogen) atoms. The molecule has 0 unspecified atom stereocenters. The Balaban J connectivity index is 2.99. The van der Waals surface area contributed by atoms with E-state index in [-0.39, 0.29) is 6.61 Å². The van der Waals surface area contributed by atoms with Gasteiger partial charge in [-0.05, 0) is 12.0 Å². The highest BCUT2D eigenvalue weighted by Gasteiger charge is 1.88. The molecule has 0 amide bonds. The lowest BCUT2D eigenvalue weighted by atomic mass is 10.2. The van der Waals surface area contributed by atoms with Crippen LogP contribution in [-0.2, 0) is 4.74 Å². The average Bonchev–Trinajstić information content (AvgIpc) is 1.80. The van der Waals surface area contributed by atoms with Gasteiger partial charge in [0.25, 0.3) is 0 Å². The molecule has 0 rings (SSSR count). The van der Waals surface area contributed by atoms with Gasteiger partial charge in [-0.2, -0.15) is 0 Å². The Kier molecular flexibility index (Phi) is 5.32. The molecule has 0 bridgehead atoms. The van der Waals surface area contributed by atoms with Gasteiger partial charge in [0, 0.05) is 0 Å². The summed E-state index contributed by atoms with van der Waals surface area (Å²) in [6, 6.07) is 0. The molecule has 0 aromatic heterocycles. The summed E-state index contributed by atoms with van der Waals surface area (Å²) in [6.45, 7) is 4.92. The van der Waals surface area contributed by atoms with E-state index in [1.807, 2.05) is 0 Å². The molecule has 0 saturated carbocycles. The Hall–Kier alpha value is -0.500. The van der Waals surface area contributed by atoms with E-state index in [1.165, 1.54) is 6.26 Å². The number of aliphatic hydroxyl groups excluding tert-OH is 1. The summed E-state index contributed by atoms with van der Waals surface area (Å²) < 4.78 is 4.99. The third-order valence-electron chi connectivity index (χ3n) is 0.727. The summed E-state index contributed by atoms with van der Waals surface area (Å²) in [5, 5.41) is 8.26. The summed E-state index contributed by atoms with van der Waals surface area (Å²) >= 11 is 0. The summed E-state index contributed by atoms with van der Waals surface area (Å²) in [5.41, 5.74) is 0. The van der Waals surface area contributed by atoms with Crippen molar-refractivity contribution in [2.24, 2.45) is 5.92 Å². The van der Waals surface area contributed by atoms with Gasteiger partial charge in [0.05, 0.1) is 19.5 Å². The molecule has 0 fully saturated rings. The van der Waals surface area contributed by atoms with Gasteiger partial charge in [0.15, 0.2) is 0 Å². The molecule has 0 aliphatic rings. The minimum atomic E-state index is 0.0537. The fourth-order valence-corrected chi connectivity index (χ4v) is 0.359. The van der Waals surface area contributed by atoms with E-state index in [0.717, 1.165) is 6.61 Å². The third-order valence-corrected chi connectivity index (χ3v) is 0.727. The van der Waals surface area contributed by atoms with Crippen LogP contribution in [0.1, 0.15) is 13.8 Å². The highest BCUT2D eigenvalue weighted by molar-refractivity contribution is 4.71. The first-order valence-electron chi connectivity index (χ1n) is 3.15. The monoisotopic (exact) mass is 130 g/mol. The largest absolute Gasteiger partial charge is 0.501 e. The van der Waals surface area contributed by atoms with Crippen LogP contribution in [-0.4, -0.2) is 18.3 Å². The number of hydrogen-bond acceptors (Lipinski definition) is 2. The van der Waals surface area contributed by atoms with E-state index in [4.69, 9.17) is 9.84 Å². The first kappa shape index (κ1) is 8.50. The van der Waals surface area contributed by atoms with E-state index in [0.29, 0.717) is 5.92 Å². The van der Waals surface area contributed by atoms with Gasteiger partial charge in [0.1, 0.15) is 0 Å². The Labute approximate surface area is 56.1 Å². The summed E-state index contributed by atoms with van der Waals surface area (Å²) in [5.74, 6) is 0.549. The molecule has 0 radical (unpaired) electrons. The van der Waals surface area contributed by atoms with Crippen LogP contribution in [0.25, 0.3) is 0 Å². The second-order valence-corrected chi connectivity index (χ2v) is 2.28. The molecule has 0 saturated heterocycles. The van der Waals surface area contributed by atoms with Crippen molar-refractivity contribution in [1.29, 1.82) is 0 Å². The quantitative estimate of drug-likeness (QED) is 0.579. The SMILES string of the molecule is CC(C)CO/C=C/CO. The number of aliphatic hydroxyl groups is 1. The van der Waals surface area contributed by atoms with E-state index >= 15 is 0 Å². The highest BCUT2D eigenvalue weighted by Crippen LogP contribution is 1.91. The van der Waals surface area contributed by atoms with Crippen molar-refractivity contribution < 1.29 is 9.84 Å². The zero-order valence-corrected chi connectivity index (χ0v) is 6.00. The molecule has 0 aliphatic carbocycles. The molecular weight excluding hydrogens is 116 g/mol. The van der Waals surface area contributed by atoms with Crippen LogP contribution in [0.5, 0.6) is 0 Å². The zero-order valence-electron chi connectivity index (χ0n) is 6.00. The molecule has 2 nitrogen and oxygen atoms in total. The Morgan fingerprint density at radius 2 is 2.22 bits per heavy atom. The molecule has 2 heteroatoms. The third kappa shape index (κ3) is 7.50. The average molecular weight is 130 g/mol. The predicted octanol–water partition coefficient (Wildman–Crippen LogP) is 1.16. The summed E-state index contributed by atoms with van der Waals surface area (Å²) in [7, 11) is 0. The first-order valence-corrected chi connectivity index (χ1v) is 3.15. The second kappa shape index (κ2) is 5.63. The Bertz CT molecular complexity index is 77.0. The van der Waals surface area contributed by atoms with Gasteiger partial charge in [-0.3, -0.25) is 0 Å². The first-order chi connectivity index (χ1) is 4.27. The normalized spacial score (nSPS) is 11.1. The van der Waals surface area contributed by atoms with Crippen LogP contribution < -0.4 is 0 Å². The minimum absolute atomic E-state index is 0.0537. The number of ether oxygens (including phenoxy) is 1. The maximum atomic E-state index is 8.26. The lowest BCUT2D eigenvalue weighted by Crippen LogP contribution is -1.96. The fraction of sp³-hybridized carbons (Fsp3) is 0.714. The Morgan fingerprint density at radius 3 is 2.67 bits per heavy atom. The van der Waals surface area contributed by atoms with Gasteiger partial charge in [-0.15, -0.1) is 0 Å². The standard InChI is InChI=1S/C7H14O2/c1-7(2)6-9-5-3-4-8/h3,5,7-8H,4,6H2,1-2H3/b5-3+. The molecule has 0 heterocycles. The van der Waals surface area contributed by atoms with Crippen LogP contribution in [0.4, 0.5) is 0 Å². The molecule has 0 aromatic rings. The fourth-order valence-electron chi connectivity index (χ4n) is 0.359. The van der Waals surface area contributed by atoms with Crippen LogP contribution in [0, 0.1) is 5.92 Å². The van der Waals surface area contributed by atoms with E-state index in [2.05, 4.69) is 13.8 Å². The molecule has 54 valence electrons. The Morgan fingerprint density at radius 1 is 1.56 bits per heavy atom. The van der Waals surface area contributed by atoms with Crippen molar-refractivity contribution >= 4 is 0 Å². The number of hydrogen-bond donors (Lipinski definition) is 1. The van der Waals surface area contributed by atoms with E-state index < -0.39 is 0 Å². The van der Waals surface area contributed by atoms with E-state index in [9.17, 15) is 0 Å². The molecule has 0 spiro atoms. The molecular formula is C7H14O2. The second-order valence-electron chi connectivity index (χ2n) is 2.28. The van der Waals surface area contributed by atoms with Crippen LogP contribution in [0.3, 0.4) is 0 Å². The van der Waals surface area contributed by atoms with Crippen LogP contribution in [0.15, 0.2) is 12.3 Å². The lowest BCUT2D eigenvalue weighted by Gasteiger charge is -2.01. The topological polar surface area (TPSA) is 29.5 Å². The molecule has 1 N–H and O–H groups in total. The minimum Gasteiger partial charge on any atom is -0.501 e. The van der Waals surface area contributed by atoms with Crippen LogP contribution >= 0.6 is 0 Å². The van der Waals surface area contributed by atoms with Crippen molar-refractivity contribution in [3.05, 3.63) is 12.3 Å². The molecule has 0 aromatic carbocycles. The smallest absolute Gasteiger partial charge is 0.0896 e. The van der Waals surface area contributed by atoms with Gasteiger partial charge in [-0.25, -0.2) is 0 Å². The van der Waals surface area contributed by atoms with Crippen molar-refractivity contribution in [2.75, 3.05) is 13.2 Å². The van der Waals surface area contributed by atoms with E-state index in [1.54, 1.807) is 6.08 Å². The maximum Gasteiger partial charge on any atom is 0.0896 e. The van der Waals surface area contributed by atoms with Gasteiger partial charge in [-0.1, -0.05) is 13.8 Å². The summed E-state index contributed by atoms with van der Waals surface area (Å²) in [4.78, 5) is 0. The number of rotatable bonds is 4. The maximum absolute atomic E-state index is 8.26. The van der Waals surface area contributed by atoms with Gasteiger partial charge in [0.2, 0.25) is 0 Å². The highest BCUT2D eigenvalue weighted by atomic mass is 16.5. The van der Waals surface area contributed by atoms with Gasteiger partial charge < -0.3 is 9.84 Å².